The van der Waals surface area contributed by atoms with Gasteiger partial charge >= 0.3 is 0 Å². The number of hydrogen-bond donors (Lipinski definition) is 1. The first-order valence-electron chi connectivity index (χ1n) is 6.62. The molecule has 0 aliphatic carbocycles. The molecule has 0 aromatic heterocycles. The zero-order valence-electron chi connectivity index (χ0n) is 10.9. The average molecular weight is 212 g/mol. The lowest BCUT2D eigenvalue weighted by Crippen LogP contribution is -2.46. The molecule has 0 aromatic carbocycles. The van der Waals surface area contributed by atoms with E-state index in [1.165, 1.54) is 38.9 Å². The van der Waals surface area contributed by atoms with Crippen molar-refractivity contribution in [2.24, 2.45) is 5.92 Å². The van der Waals surface area contributed by atoms with Gasteiger partial charge in [0, 0.05) is 18.6 Å². The Labute approximate surface area is 95.4 Å². The summed E-state index contributed by atoms with van der Waals surface area (Å²) in [5.41, 5.74) is 0. The van der Waals surface area contributed by atoms with E-state index in [2.05, 4.69) is 37.9 Å². The van der Waals surface area contributed by atoms with E-state index in [9.17, 15) is 0 Å². The molecule has 0 spiro atoms. The lowest BCUT2D eigenvalue weighted by atomic mass is 9.91. The maximum atomic E-state index is 3.65. The van der Waals surface area contributed by atoms with Crippen LogP contribution in [-0.2, 0) is 0 Å². The molecule has 1 rings (SSSR count). The Bertz CT molecular complexity index is 166. The molecular formula is C13H28N2. The standard InChI is InChI=1S/C13H28N2/c1-5-8-15-9-6-7-13(10-15)12(4)14-11(2)3/h11-14H,5-10H2,1-4H3. The van der Waals surface area contributed by atoms with Gasteiger partial charge in [0.15, 0.2) is 0 Å². The molecule has 1 fully saturated rings. The Morgan fingerprint density at radius 3 is 2.67 bits per heavy atom. The van der Waals surface area contributed by atoms with Crippen molar-refractivity contribution in [2.45, 2.75) is 59.0 Å². The Kier molecular flexibility index (Phi) is 5.62. The Hall–Kier alpha value is -0.0800. The fraction of sp³-hybridized carbons (Fsp3) is 1.00. The molecule has 15 heavy (non-hydrogen) atoms. The molecule has 0 amide bonds. The van der Waals surface area contributed by atoms with Crippen molar-refractivity contribution in [3.05, 3.63) is 0 Å². The van der Waals surface area contributed by atoms with E-state index in [1.807, 2.05) is 0 Å². The third-order valence-corrected chi connectivity index (χ3v) is 3.39. The molecule has 0 radical (unpaired) electrons. The summed E-state index contributed by atoms with van der Waals surface area (Å²) in [6, 6.07) is 1.28. The molecule has 1 saturated heterocycles. The second-order valence-electron chi connectivity index (χ2n) is 5.31. The van der Waals surface area contributed by atoms with E-state index in [1.54, 1.807) is 0 Å². The van der Waals surface area contributed by atoms with Crippen LogP contribution >= 0.6 is 0 Å². The van der Waals surface area contributed by atoms with Gasteiger partial charge in [-0.15, -0.1) is 0 Å². The van der Waals surface area contributed by atoms with Crippen LogP contribution in [0.5, 0.6) is 0 Å². The molecule has 2 unspecified atom stereocenters. The van der Waals surface area contributed by atoms with Gasteiger partial charge in [-0.2, -0.15) is 0 Å². The van der Waals surface area contributed by atoms with Crippen molar-refractivity contribution in [1.29, 1.82) is 0 Å². The molecule has 1 aliphatic rings. The van der Waals surface area contributed by atoms with Gasteiger partial charge in [0.25, 0.3) is 0 Å². The highest BCUT2D eigenvalue weighted by atomic mass is 15.1. The molecule has 1 heterocycles. The lowest BCUT2D eigenvalue weighted by Gasteiger charge is -2.36. The summed E-state index contributed by atoms with van der Waals surface area (Å²) in [6.45, 7) is 13.0. The lowest BCUT2D eigenvalue weighted by molar-refractivity contribution is 0.148. The van der Waals surface area contributed by atoms with Crippen LogP contribution < -0.4 is 5.32 Å². The minimum absolute atomic E-state index is 0.613. The van der Waals surface area contributed by atoms with Gasteiger partial charge in [0.05, 0.1) is 0 Å². The Balaban J connectivity index is 2.34. The summed E-state index contributed by atoms with van der Waals surface area (Å²) in [7, 11) is 0. The summed E-state index contributed by atoms with van der Waals surface area (Å²) < 4.78 is 0. The largest absolute Gasteiger partial charge is 0.312 e. The Morgan fingerprint density at radius 1 is 1.33 bits per heavy atom. The van der Waals surface area contributed by atoms with Crippen molar-refractivity contribution in [2.75, 3.05) is 19.6 Å². The van der Waals surface area contributed by atoms with E-state index >= 15 is 0 Å². The molecule has 1 aliphatic heterocycles. The van der Waals surface area contributed by atoms with Gasteiger partial charge in [0.1, 0.15) is 0 Å². The highest BCUT2D eigenvalue weighted by Crippen LogP contribution is 2.20. The minimum Gasteiger partial charge on any atom is -0.312 e. The van der Waals surface area contributed by atoms with Crippen molar-refractivity contribution in [3.63, 3.8) is 0 Å². The highest BCUT2D eigenvalue weighted by molar-refractivity contribution is 4.81. The molecule has 2 nitrogen and oxygen atoms in total. The van der Waals surface area contributed by atoms with Crippen molar-refractivity contribution < 1.29 is 0 Å². The van der Waals surface area contributed by atoms with Crippen LogP contribution in [0.4, 0.5) is 0 Å². The maximum absolute atomic E-state index is 3.65. The van der Waals surface area contributed by atoms with E-state index in [-0.39, 0.29) is 0 Å². The van der Waals surface area contributed by atoms with E-state index < -0.39 is 0 Å². The molecule has 2 heteroatoms. The van der Waals surface area contributed by atoms with Gasteiger partial charge < -0.3 is 10.2 Å². The number of nitrogens with one attached hydrogen (secondary N) is 1. The van der Waals surface area contributed by atoms with Gasteiger partial charge in [0.2, 0.25) is 0 Å². The second-order valence-corrected chi connectivity index (χ2v) is 5.31. The monoisotopic (exact) mass is 212 g/mol. The number of likely N-dealkylation sites (tertiary alicyclic amines) is 1. The molecule has 90 valence electrons. The topological polar surface area (TPSA) is 15.3 Å². The van der Waals surface area contributed by atoms with Crippen LogP contribution in [0.25, 0.3) is 0 Å². The van der Waals surface area contributed by atoms with Gasteiger partial charge in [-0.05, 0) is 45.2 Å². The third kappa shape index (κ3) is 4.52. The average Bonchev–Trinajstić information content (AvgIpc) is 2.17. The van der Waals surface area contributed by atoms with E-state index in [4.69, 9.17) is 0 Å². The van der Waals surface area contributed by atoms with Crippen molar-refractivity contribution in [1.82, 2.24) is 10.2 Å². The summed E-state index contributed by atoms with van der Waals surface area (Å²) in [6.07, 6.45) is 4.08. The molecule has 1 N–H and O–H groups in total. The molecule has 2 atom stereocenters. The number of nitrogens with zero attached hydrogens (tertiary/aromatic N) is 1. The van der Waals surface area contributed by atoms with Crippen molar-refractivity contribution in [3.8, 4) is 0 Å². The normalized spacial score (nSPS) is 25.8. The quantitative estimate of drug-likeness (QED) is 0.753. The van der Waals surface area contributed by atoms with Crippen LogP contribution in [0.15, 0.2) is 0 Å². The predicted molar refractivity (Wildman–Crippen MR) is 67.2 cm³/mol. The number of hydrogen-bond acceptors (Lipinski definition) is 2. The molecule has 0 bridgehead atoms. The predicted octanol–water partition coefficient (Wildman–Crippen LogP) is 2.49. The highest BCUT2D eigenvalue weighted by Gasteiger charge is 2.24. The van der Waals surface area contributed by atoms with Gasteiger partial charge in [-0.25, -0.2) is 0 Å². The summed E-state index contributed by atoms with van der Waals surface area (Å²) in [4.78, 5) is 2.63. The zero-order valence-corrected chi connectivity index (χ0v) is 10.9. The SMILES string of the molecule is CCCN1CCCC(C(C)NC(C)C)C1. The van der Waals surface area contributed by atoms with Crippen LogP contribution in [0.3, 0.4) is 0 Å². The van der Waals surface area contributed by atoms with Crippen molar-refractivity contribution >= 4 is 0 Å². The third-order valence-electron chi connectivity index (χ3n) is 3.39. The first-order chi connectivity index (χ1) is 7.13. The van der Waals surface area contributed by atoms with Crippen LogP contribution in [0, 0.1) is 5.92 Å². The van der Waals surface area contributed by atoms with Crippen LogP contribution in [-0.4, -0.2) is 36.6 Å². The molecule has 0 saturated carbocycles. The fourth-order valence-corrected chi connectivity index (χ4v) is 2.68. The number of rotatable bonds is 5. The molecule has 0 aromatic rings. The Morgan fingerprint density at radius 2 is 2.07 bits per heavy atom. The van der Waals surface area contributed by atoms with E-state index in [0.717, 1.165) is 5.92 Å². The first-order valence-corrected chi connectivity index (χ1v) is 6.62. The zero-order chi connectivity index (χ0) is 11.3. The number of piperidine rings is 1. The fourth-order valence-electron chi connectivity index (χ4n) is 2.68. The summed E-state index contributed by atoms with van der Waals surface area (Å²) in [5.74, 6) is 0.854. The second kappa shape index (κ2) is 6.49. The first kappa shape index (κ1) is 13.0. The molecular weight excluding hydrogens is 184 g/mol. The summed E-state index contributed by atoms with van der Waals surface area (Å²) in [5, 5.41) is 3.65. The van der Waals surface area contributed by atoms with Crippen LogP contribution in [0.2, 0.25) is 0 Å². The van der Waals surface area contributed by atoms with E-state index in [0.29, 0.717) is 12.1 Å². The maximum Gasteiger partial charge on any atom is 0.00815 e. The minimum atomic E-state index is 0.613. The van der Waals surface area contributed by atoms with Gasteiger partial charge in [-0.1, -0.05) is 20.8 Å². The summed E-state index contributed by atoms with van der Waals surface area (Å²) >= 11 is 0. The smallest absolute Gasteiger partial charge is 0.00815 e. The van der Waals surface area contributed by atoms with Crippen LogP contribution in [0.1, 0.15) is 47.0 Å². The van der Waals surface area contributed by atoms with Gasteiger partial charge in [-0.3, -0.25) is 0 Å².